The van der Waals surface area contributed by atoms with Crippen LogP contribution in [0.2, 0.25) is 0 Å². The molecule has 0 radical (unpaired) electrons. The van der Waals surface area contributed by atoms with E-state index in [1.807, 2.05) is 0 Å². The third-order valence-electron chi connectivity index (χ3n) is 2.36. The summed E-state index contributed by atoms with van der Waals surface area (Å²) in [5.74, 6) is 0.811. The minimum absolute atomic E-state index is 0. The van der Waals surface area contributed by atoms with Crippen molar-refractivity contribution in [3.05, 3.63) is 0 Å². The van der Waals surface area contributed by atoms with Gasteiger partial charge in [-0.3, -0.25) is 0 Å². The molecule has 3 nitrogen and oxygen atoms in total. The van der Waals surface area contributed by atoms with Crippen LogP contribution in [0.1, 0.15) is 58.8 Å². The first kappa shape index (κ1) is 18.9. The maximum Gasteiger partial charge on any atom is 1.00 e. The summed E-state index contributed by atoms with van der Waals surface area (Å²) in [4.78, 5) is 0. The monoisotopic (exact) mass is 242 g/mol. The topological polar surface area (TPSA) is 43.4 Å². The summed E-state index contributed by atoms with van der Waals surface area (Å²) < 4.78 is 24.4. The van der Waals surface area contributed by atoms with E-state index in [0.717, 1.165) is 18.8 Å². The predicted octanol–water partition coefficient (Wildman–Crippen LogP) is 0.618. The van der Waals surface area contributed by atoms with Crippen LogP contribution in [0, 0.1) is 5.92 Å². The normalized spacial score (nSPS) is 10.8. The average Bonchev–Trinajstić information content (AvgIpc) is 2.14. The van der Waals surface area contributed by atoms with E-state index in [4.69, 9.17) is 0 Å². The smallest absolute Gasteiger partial charge is 0.424 e. The van der Waals surface area contributed by atoms with Gasteiger partial charge in [-0.15, -0.1) is 0 Å². The Morgan fingerprint density at radius 3 is 1.94 bits per heavy atom. The van der Waals surface area contributed by atoms with Gasteiger partial charge in [-0.1, -0.05) is 52.4 Å². The van der Waals surface area contributed by atoms with Crippen LogP contribution in [0.25, 0.3) is 0 Å². The van der Waals surface area contributed by atoms with Crippen molar-refractivity contribution < 1.29 is 31.5 Å². The maximum atomic E-state index is 10.0. The van der Waals surface area contributed by atoms with E-state index in [1.165, 1.54) is 32.1 Å². The van der Waals surface area contributed by atoms with Gasteiger partial charge in [0.25, 0.3) is 0 Å². The molecule has 0 saturated heterocycles. The van der Waals surface area contributed by atoms with E-state index in [1.54, 1.807) is 0 Å². The van der Waals surface area contributed by atoms with Gasteiger partial charge in [-0.05, 0) is 12.3 Å². The Balaban J connectivity index is 0. The summed E-state index contributed by atoms with van der Waals surface area (Å²) in [6, 6.07) is 0. The predicted molar refractivity (Wildman–Crippen MR) is 61.8 cm³/mol. The van der Waals surface area contributed by atoms with Crippen molar-refractivity contribution in [1.82, 2.24) is 0 Å². The number of unbranched alkanes of at least 4 members (excludes halogenated alkanes) is 5. The van der Waals surface area contributed by atoms with Crippen LogP contribution >= 0.6 is 0 Å². The van der Waals surface area contributed by atoms with Crippen molar-refractivity contribution >= 4 is 11.0 Å². The second-order valence-electron chi connectivity index (χ2n) is 4.33. The Hall–Kier alpha value is 0.507. The van der Waals surface area contributed by atoms with Crippen LogP contribution in [0.5, 0.6) is 0 Å². The molecule has 16 heavy (non-hydrogen) atoms. The van der Waals surface area contributed by atoms with E-state index in [-0.39, 0.29) is 18.9 Å². The summed E-state index contributed by atoms with van der Waals surface area (Å²) >= 11 is 0. The molecular weight excluding hydrogens is 219 g/mol. The van der Waals surface area contributed by atoms with Crippen molar-refractivity contribution in [3.8, 4) is 0 Å². The summed E-state index contributed by atoms with van der Waals surface area (Å²) in [5.41, 5.74) is 0. The van der Waals surface area contributed by atoms with Gasteiger partial charge in [0.05, 0.1) is 11.0 Å². The molecule has 0 saturated carbocycles. The molecule has 0 fully saturated rings. The van der Waals surface area contributed by atoms with E-state index in [9.17, 15) is 8.42 Å². The van der Waals surface area contributed by atoms with E-state index >= 15 is 0 Å². The van der Waals surface area contributed by atoms with Crippen molar-refractivity contribution in [2.75, 3.05) is 6.61 Å². The van der Waals surface area contributed by atoms with Crippen molar-refractivity contribution in [1.29, 1.82) is 0 Å². The molecule has 0 aliphatic carbocycles. The van der Waals surface area contributed by atoms with E-state index in [2.05, 4.69) is 18.0 Å². The zero-order chi connectivity index (χ0) is 11.5. The van der Waals surface area contributed by atoms with E-state index in [0.29, 0.717) is 6.61 Å². The van der Waals surface area contributed by atoms with Gasteiger partial charge in [0.1, 0.15) is 0 Å². The Morgan fingerprint density at radius 1 is 0.938 bits per heavy atom. The first-order valence-electron chi connectivity index (χ1n) is 5.85. The van der Waals surface area contributed by atoms with Crippen molar-refractivity contribution in [2.24, 2.45) is 5.92 Å². The van der Waals surface area contributed by atoms with Crippen LogP contribution in [0.4, 0.5) is 0 Å². The molecule has 0 aliphatic rings. The third kappa shape index (κ3) is 16.9. The van der Waals surface area contributed by atoms with Crippen molar-refractivity contribution in [2.45, 2.75) is 58.8 Å². The van der Waals surface area contributed by atoms with Crippen LogP contribution in [-0.4, -0.2) is 6.61 Å². The molecule has 0 bridgehead atoms. The second kappa shape index (κ2) is 13.6. The van der Waals surface area contributed by atoms with Crippen LogP contribution in [0.15, 0.2) is 0 Å². The first-order chi connectivity index (χ1) is 7.13. The number of rotatable bonds is 10. The van der Waals surface area contributed by atoms with Crippen LogP contribution < -0.4 is 18.9 Å². The molecule has 0 unspecified atom stereocenters. The molecule has 92 valence electrons. The average molecular weight is 242 g/mol. The third-order valence-corrected chi connectivity index (χ3v) is 2.71. The molecule has 0 aliphatic heterocycles. The number of hydrogen-bond acceptors (Lipinski definition) is 4. The Kier molecular flexibility index (Phi) is 16.0. The molecule has 0 aromatic carbocycles. The van der Waals surface area contributed by atoms with Gasteiger partial charge in [0.15, 0.2) is 0 Å². The molecule has 0 aromatic rings. The standard InChI is InChI=1S/C11H23O3S.Li/c1-11(2)9-7-5-3-4-6-8-10-14-15(12)13;/h11H,3-10H2,1-2H3;/q-1;+1. The molecule has 0 heterocycles. The fourth-order valence-electron chi connectivity index (χ4n) is 1.49. The minimum Gasteiger partial charge on any atom is -0.424 e. The van der Waals surface area contributed by atoms with Gasteiger partial charge in [-0.2, -0.15) is 0 Å². The molecule has 5 heteroatoms. The summed E-state index contributed by atoms with van der Waals surface area (Å²) in [6.07, 6.45) is 8.29. The van der Waals surface area contributed by atoms with Crippen LogP contribution in [-0.2, 0) is 23.6 Å². The van der Waals surface area contributed by atoms with Gasteiger partial charge < -0.3 is 12.6 Å². The van der Waals surface area contributed by atoms with E-state index < -0.39 is 11.0 Å². The SMILES string of the molecule is CC(C)CCCCCCCCO[S-](=O)=O.[Li+]. The van der Waals surface area contributed by atoms with Crippen molar-refractivity contribution in [3.63, 3.8) is 0 Å². The molecule has 0 spiro atoms. The Labute approximate surface area is 114 Å². The summed E-state index contributed by atoms with van der Waals surface area (Å²) in [7, 11) is -2.33. The fraction of sp³-hybridized carbons (Fsp3) is 1.00. The van der Waals surface area contributed by atoms with Gasteiger partial charge in [0, 0.05) is 6.61 Å². The fourth-order valence-corrected chi connectivity index (χ4v) is 1.74. The minimum atomic E-state index is -2.33. The largest absolute Gasteiger partial charge is 1.00 e. The quantitative estimate of drug-likeness (QED) is 0.320. The molecule has 0 rings (SSSR count). The van der Waals surface area contributed by atoms with Gasteiger partial charge in [0.2, 0.25) is 0 Å². The molecular formula is C11H23LiO3S. The Morgan fingerprint density at radius 2 is 1.44 bits per heavy atom. The molecule has 0 aromatic heterocycles. The summed E-state index contributed by atoms with van der Waals surface area (Å²) in [6.45, 7) is 4.84. The van der Waals surface area contributed by atoms with Crippen LogP contribution in [0.3, 0.4) is 0 Å². The zero-order valence-corrected chi connectivity index (χ0v) is 11.7. The van der Waals surface area contributed by atoms with Gasteiger partial charge >= 0.3 is 18.9 Å². The molecule has 0 amide bonds. The molecule has 0 N–H and O–H groups in total. The maximum absolute atomic E-state index is 10.0. The zero-order valence-electron chi connectivity index (χ0n) is 10.9. The molecule has 0 atom stereocenters. The first-order valence-corrected chi connectivity index (χ1v) is 6.85. The van der Waals surface area contributed by atoms with Gasteiger partial charge in [-0.25, -0.2) is 0 Å². The summed E-state index contributed by atoms with van der Waals surface area (Å²) in [5, 5.41) is 0. The number of hydrogen-bond donors (Lipinski definition) is 0. The second-order valence-corrected chi connectivity index (χ2v) is 4.97. The Bertz CT molecular complexity index is 197.